The van der Waals surface area contributed by atoms with Crippen LogP contribution in [-0.4, -0.2) is 169 Å². The molecule has 3 aromatic heterocycles. The first-order chi connectivity index (χ1) is 50.5. The van der Waals surface area contributed by atoms with Crippen molar-refractivity contribution < 1.29 is 128 Å². The molecule has 26 nitrogen and oxygen atoms in total. The number of amides is 5. The molecule has 13 rings (SSSR count). The number of esters is 1. The number of ether oxygens (including phenoxy) is 5. The predicted octanol–water partition coefficient (Wildman–Crippen LogP) is 2.26. The van der Waals surface area contributed by atoms with Gasteiger partial charge < -0.3 is 113 Å². The summed E-state index contributed by atoms with van der Waals surface area (Å²) in [5.74, 6) is -11.8. The maximum absolute atomic E-state index is 14.2. The molecule has 584 valence electrons. The summed E-state index contributed by atoms with van der Waals surface area (Å²) < 4.78 is 115. The van der Waals surface area contributed by atoms with Gasteiger partial charge in [-0.2, -0.15) is 0 Å². The van der Waals surface area contributed by atoms with Gasteiger partial charge in [0.2, 0.25) is 16.3 Å². The number of ketones is 1. The molecule has 3 aliphatic carbocycles. The Morgan fingerprint density at radius 3 is 1.38 bits per heavy atom. The first kappa shape index (κ1) is 88.6. The Bertz CT molecular complexity index is 4720. The van der Waals surface area contributed by atoms with Crippen molar-refractivity contribution in [2.45, 2.75) is 146 Å². The van der Waals surface area contributed by atoms with Crippen LogP contribution < -0.4 is 81.4 Å². The van der Waals surface area contributed by atoms with Crippen LogP contribution >= 0.6 is 34.8 Å². The number of benzene rings is 3. The molecule has 2 spiro atoms. The Morgan fingerprint density at radius 1 is 0.587 bits per heavy atom. The van der Waals surface area contributed by atoms with Crippen molar-refractivity contribution in [2.24, 2.45) is 5.73 Å². The normalized spacial score (nSPS) is 19.7. The standard InChI is InChI=1S/C24H25ClF2N2O6.C23H22ClF2N3O5.C22H20ClF2N3O5.C2H7NO.2BrH.Mg/c1-12(2)35-24(33)20-22(34-3)21(31)14(11-29(20)16-6-4-5-7-17(16)30)23(32)28-10-13-8-9-15(26)18(25)19(13)27;1-33-20-18-22(32)29-8-9-34-23(29)7-3-2-4-15(23)28(18)11-13(19(20)30)21(31)27-10-12-5-6-14(25)16(24)17(12)26;23-15-13(24)5-4-11(16(15)25)9-26-20(31)12-10-27-14-3-1-2-6-22(14)28(7-8-33-22)21(32)17(27)19(30)18(12)29;3-1-2-4;;;/h8-9,11-12,16H,4-7,10H2,1-3H3,(H,28,32);5-6,11,15H,2-4,7-10H2,1H3,(H,27,31);4-5,10,14,30H,1-3,6-9H2,(H,26,31);4H,1-3H2;2*1H;/q;;;;;;+2/p-2/t16-;15-,23-;14-,22-;;;;/m000..../s1. The third kappa shape index (κ3) is 17.4. The van der Waals surface area contributed by atoms with Gasteiger partial charge in [-0.05, 0) is 83.4 Å². The van der Waals surface area contributed by atoms with Gasteiger partial charge in [-0.1, -0.05) is 72.3 Å². The summed E-state index contributed by atoms with van der Waals surface area (Å²) in [5, 5.41) is 23.5. The molecule has 0 unspecified atom stereocenters. The number of aromatic nitrogens is 3. The number of aliphatic hydroxyl groups excluding tert-OH is 1. The minimum absolute atomic E-state index is 0. The van der Waals surface area contributed by atoms with E-state index in [9.17, 15) is 79.4 Å². The van der Waals surface area contributed by atoms with Gasteiger partial charge in [-0.3, -0.25) is 43.2 Å². The molecule has 3 saturated carbocycles. The Morgan fingerprint density at radius 2 is 0.972 bits per heavy atom. The van der Waals surface area contributed by atoms with Gasteiger partial charge in [0.25, 0.3) is 29.5 Å². The van der Waals surface area contributed by atoms with E-state index >= 15 is 0 Å². The fourth-order valence-electron chi connectivity index (χ4n) is 14.4. The third-order valence-corrected chi connectivity index (χ3v) is 20.3. The molecule has 3 aromatic carbocycles. The van der Waals surface area contributed by atoms with Gasteiger partial charge >= 0.3 is 29.0 Å². The van der Waals surface area contributed by atoms with Crippen molar-refractivity contribution >= 4 is 99.1 Å². The molecule has 7 heterocycles. The molecule has 109 heavy (non-hydrogen) atoms. The number of carbonyl (C=O) groups excluding carboxylic acids is 7. The van der Waals surface area contributed by atoms with Gasteiger partial charge in [0.1, 0.15) is 66.7 Å². The van der Waals surface area contributed by atoms with E-state index in [1.54, 1.807) is 28.2 Å². The monoisotopic (exact) mass is 1730 g/mol. The zero-order chi connectivity index (χ0) is 77.0. The molecule has 0 radical (unpaired) electrons. The van der Waals surface area contributed by atoms with Gasteiger partial charge in [-0.25, -0.2) is 31.1 Å². The second-order valence-corrected chi connectivity index (χ2v) is 27.0. The minimum Gasteiger partial charge on any atom is -1.00 e. The van der Waals surface area contributed by atoms with Crippen molar-refractivity contribution in [3.05, 3.63) is 186 Å². The number of nitrogens with zero attached hydrogens (tertiary/aromatic N) is 5. The summed E-state index contributed by atoms with van der Waals surface area (Å²) in [6, 6.07) is 4.86. The first-order valence-electron chi connectivity index (χ1n) is 33.9. The van der Waals surface area contributed by atoms with Gasteiger partial charge in [0, 0.05) is 81.0 Å². The SMILES string of the molecule is COc1c(C(=O)OC(C)C)n([C@H]2CCCCC2=O)cc(C(=O)NCc2ccc(F)c(Cl)c2F)c1=O.COc1c2n(cc(C(=O)NCc3ccc(F)c(Cl)c3F)c1=O)[C@H]1CCCC[C@]13OCCN3C2=O.NCCO.O=C(NCc1ccc(F)c(Cl)c1F)c1cn2c(c(O)c1=O)C(=O)N1CCO[C@]13CCCC[C@H]23.[Br-].[Br-].[Mg+2]. The molecule has 38 heteroatoms. The van der Waals surface area contributed by atoms with Crippen LogP contribution in [0.3, 0.4) is 0 Å². The number of methoxy groups -OCH3 is 2. The average molecular weight is 1730 g/mol. The van der Waals surface area contributed by atoms with E-state index in [0.717, 1.165) is 75.4 Å². The quantitative estimate of drug-likeness (QED) is 0.0372. The number of aromatic hydroxyl groups is 1. The van der Waals surface area contributed by atoms with Crippen LogP contribution in [0, 0.1) is 34.9 Å². The van der Waals surface area contributed by atoms with Crippen molar-refractivity contribution in [1.29, 1.82) is 0 Å². The molecule has 5 atom stereocenters. The number of aliphatic hydroxyl groups is 1. The number of nitrogens with one attached hydrogen (secondary N) is 3. The summed E-state index contributed by atoms with van der Waals surface area (Å²) in [4.78, 5) is 133. The summed E-state index contributed by atoms with van der Waals surface area (Å²) in [5.41, 5.74) is -1.20. The number of Topliss-reactive ketones (excluding diaryl/α,β-unsaturated/α-hetero) is 1. The van der Waals surface area contributed by atoms with E-state index in [4.69, 9.17) is 69.3 Å². The third-order valence-electron chi connectivity index (χ3n) is 19.3. The molecule has 7 aliphatic rings. The summed E-state index contributed by atoms with van der Waals surface area (Å²) in [7, 11) is 2.43. The molecule has 4 aliphatic heterocycles. The maximum Gasteiger partial charge on any atom is 2.00 e. The zero-order valence-electron chi connectivity index (χ0n) is 59.1. The predicted molar refractivity (Wildman–Crippen MR) is 374 cm³/mol. The number of hydrogen-bond acceptors (Lipinski definition) is 18. The number of carbonyl (C=O) groups is 7. The van der Waals surface area contributed by atoms with E-state index < -0.39 is 149 Å². The molecule has 0 bridgehead atoms. The number of halogens is 11. The molecular formula is C71H74Br2Cl3F6MgN9O17. The van der Waals surface area contributed by atoms with Crippen LogP contribution in [0.4, 0.5) is 26.3 Å². The van der Waals surface area contributed by atoms with Crippen LogP contribution in [0.2, 0.25) is 15.1 Å². The van der Waals surface area contributed by atoms with Crippen molar-refractivity contribution in [3.63, 3.8) is 0 Å². The fourth-order valence-corrected chi connectivity index (χ4v) is 14.9. The number of pyridine rings is 3. The molecular weight excluding hydrogens is 1660 g/mol. The minimum atomic E-state index is -1.04. The van der Waals surface area contributed by atoms with Gasteiger partial charge in [0.05, 0.1) is 58.3 Å². The van der Waals surface area contributed by atoms with Crippen LogP contribution in [0.1, 0.15) is 188 Å². The summed E-state index contributed by atoms with van der Waals surface area (Å²) >= 11 is 16.7. The second kappa shape index (κ2) is 37.6. The maximum atomic E-state index is 14.2. The first-order valence-corrected chi connectivity index (χ1v) is 35.0. The van der Waals surface area contributed by atoms with Crippen molar-refractivity contribution in [3.8, 4) is 17.2 Å². The summed E-state index contributed by atoms with van der Waals surface area (Å²) in [6.45, 7) is 4.16. The Hall–Kier alpha value is -7.58. The fraction of sp³-hybridized carbons (Fsp3) is 0.437. The average Bonchev–Trinajstić information content (AvgIpc) is 1.68. The molecule has 5 fully saturated rings. The Kier molecular flexibility index (Phi) is 30.6. The topological polar surface area (TPSA) is 341 Å². The Balaban J connectivity index is 0.000000219. The van der Waals surface area contributed by atoms with E-state index in [1.807, 2.05) is 0 Å². The van der Waals surface area contributed by atoms with Crippen molar-refractivity contribution in [2.75, 3.05) is 53.7 Å². The second-order valence-electron chi connectivity index (χ2n) is 25.9. The number of fused-ring (bicyclic) bond motifs is 4. The molecule has 6 aromatic rings. The molecule has 5 amide bonds. The number of rotatable bonds is 15. The van der Waals surface area contributed by atoms with E-state index in [2.05, 4.69) is 16.0 Å². The van der Waals surface area contributed by atoms with Crippen LogP contribution in [0.15, 0.2) is 69.4 Å². The van der Waals surface area contributed by atoms with Crippen molar-refractivity contribution in [1.82, 2.24) is 39.5 Å². The van der Waals surface area contributed by atoms with Gasteiger partial charge in [0.15, 0.2) is 51.6 Å². The van der Waals surface area contributed by atoms with Crippen LogP contribution in [0.25, 0.3) is 0 Å². The largest absolute Gasteiger partial charge is 2.00 e. The van der Waals surface area contributed by atoms with Crippen LogP contribution in [-0.2, 0) is 38.6 Å². The van der Waals surface area contributed by atoms with E-state index in [1.165, 1.54) is 28.6 Å². The summed E-state index contributed by atoms with van der Waals surface area (Å²) in [6.07, 6.45) is 11.4. The molecule has 2 saturated heterocycles. The molecule has 7 N–H and O–H groups in total. The number of nitrogens with two attached hydrogens (primary N) is 1. The Labute approximate surface area is 670 Å². The van der Waals surface area contributed by atoms with E-state index in [0.29, 0.717) is 77.8 Å². The van der Waals surface area contributed by atoms with Gasteiger partial charge in [-0.15, -0.1) is 0 Å². The smallest absolute Gasteiger partial charge is 1.00 e. The van der Waals surface area contributed by atoms with Crippen LogP contribution in [0.5, 0.6) is 17.2 Å². The van der Waals surface area contributed by atoms with E-state index in [-0.39, 0.29) is 152 Å². The number of hydrogen-bond donors (Lipinski definition) is 6. The zero-order valence-corrected chi connectivity index (χ0v) is 65.9.